The van der Waals surface area contributed by atoms with Crippen LogP contribution >= 0.6 is 23.2 Å². The normalized spacial score (nSPS) is 18.0. The SMILES string of the molecule is COC(=O)CNC(=O)c1ccc(C2=NOC(c3cc(Cl)cc(Cl)c3)(C(F)(F)F)C2)cc1C. The molecule has 0 saturated carbocycles. The number of esters is 1. The van der Waals surface area contributed by atoms with E-state index in [9.17, 15) is 22.8 Å². The summed E-state index contributed by atoms with van der Waals surface area (Å²) in [6.45, 7) is 1.30. The maximum Gasteiger partial charge on any atom is 0.435 e. The first-order chi connectivity index (χ1) is 15.0. The molecule has 0 saturated heterocycles. The molecule has 2 aromatic rings. The molecule has 0 aromatic heterocycles. The molecule has 11 heteroatoms. The van der Waals surface area contributed by atoms with Gasteiger partial charge in [-0.05, 0) is 48.4 Å². The van der Waals surface area contributed by atoms with Crippen molar-refractivity contribution in [2.45, 2.75) is 25.1 Å². The second kappa shape index (κ2) is 8.99. The van der Waals surface area contributed by atoms with Gasteiger partial charge in [0, 0.05) is 27.6 Å². The monoisotopic (exact) mass is 488 g/mol. The van der Waals surface area contributed by atoms with Gasteiger partial charge in [0.05, 0.1) is 12.8 Å². The topological polar surface area (TPSA) is 77.0 Å². The summed E-state index contributed by atoms with van der Waals surface area (Å²) in [4.78, 5) is 28.4. The first-order valence-electron chi connectivity index (χ1n) is 9.21. The summed E-state index contributed by atoms with van der Waals surface area (Å²) >= 11 is 11.8. The fourth-order valence-electron chi connectivity index (χ4n) is 3.26. The highest BCUT2D eigenvalue weighted by atomic mass is 35.5. The first kappa shape index (κ1) is 23.9. The Morgan fingerprint density at radius 3 is 2.41 bits per heavy atom. The Bertz CT molecular complexity index is 1080. The van der Waals surface area contributed by atoms with Gasteiger partial charge in [0.1, 0.15) is 6.54 Å². The van der Waals surface area contributed by atoms with Gasteiger partial charge in [-0.3, -0.25) is 9.59 Å². The van der Waals surface area contributed by atoms with Crippen molar-refractivity contribution in [3.05, 3.63) is 68.7 Å². The van der Waals surface area contributed by atoms with Crippen LogP contribution in [-0.2, 0) is 20.0 Å². The molecule has 1 aliphatic rings. The third kappa shape index (κ3) is 4.68. The van der Waals surface area contributed by atoms with Crippen LogP contribution in [0.15, 0.2) is 41.6 Å². The van der Waals surface area contributed by atoms with Crippen molar-refractivity contribution >= 4 is 40.8 Å². The second-order valence-corrected chi connectivity index (χ2v) is 7.95. The van der Waals surface area contributed by atoms with E-state index >= 15 is 0 Å². The number of methoxy groups -OCH3 is 1. The zero-order valence-electron chi connectivity index (χ0n) is 16.8. The summed E-state index contributed by atoms with van der Waals surface area (Å²) < 4.78 is 46.8. The van der Waals surface area contributed by atoms with E-state index in [4.69, 9.17) is 28.0 Å². The zero-order valence-corrected chi connectivity index (χ0v) is 18.4. The van der Waals surface area contributed by atoms with Crippen LogP contribution in [0.3, 0.4) is 0 Å². The van der Waals surface area contributed by atoms with E-state index in [-0.39, 0.29) is 33.4 Å². The number of nitrogens with zero attached hydrogens (tertiary/aromatic N) is 1. The predicted molar refractivity (Wildman–Crippen MR) is 112 cm³/mol. The summed E-state index contributed by atoms with van der Waals surface area (Å²) in [6.07, 6.45) is -5.42. The molecule has 0 radical (unpaired) electrons. The van der Waals surface area contributed by atoms with Crippen LogP contribution in [0.2, 0.25) is 10.0 Å². The fraction of sp³-hybridized carbons (Fsp3) is 0.286. The number of nitrogens with one attached hydrogen (secondary N) is 1. The van der Waals surface area contributed by atoms with Crippen molar-refractivity contribution in [1.29, 1.82) is 0 Å². The zero-order chi connectivity index (χ0) is 23.7. The molecule has 2 aromatic carbocycles. The maximum atomic E-state index is 14.1. The Kier molecular flexibility index (Phi) is 6.71. The molecule has 1 unspecified atom stereocenters. The minimum absolute atomic E-state index is 0.0336. The third-order valence-electron chi connectivity index (χ3n) is 4.94. The van der Waals surface area contributed by atoms with Crippen molar-refractivity contribution in [2.75, 3.05) is 13.7 Å². The summed E-state index contributed by atoms with van der Waals surface area (Å²) in [5, 5.41) is 6.17. The van der Waals surface area contributed by atoms with Crippen molar-refractivity contribution < 1.29 is 32.3 Å². The Labute approximate surface area is 191 Å². The van der Waals surface area contributed by atoms with E-state index in [1.54, 1.807) is 6.92 Å². The van der Waals surface area contributed by atoms with Crippen LogP contribution in [0.4, 0.5) is 13.2 Å². The molecule has 3 rings (SSSR count). The van der Waals surface area contributed by atoms with Gasteiger partial charge >= 0.3 is 12.1 Å². The third-order valence-corrected chi connectivity index (χ3v) is 5.38. The molecule has 32 heavy (non-hydrogen) atoms. The number of carbonyl (C=O) groups excluding carboxylic acids is 2. The van der Waals surface area contributed by atoms with Gasteiger partial charge < -0.3 is 14.9 Å². The van der Waals surface area contributed by atoms with Crippen LogP contribution in [0.25, 0.3) is 0 Å². The molecular weight excluding hydrogens is 472 g/mol. The summed E-state index contributed by atoms with van der Waals surface area (Å²) in [7, 11) is 1.19. The van der Waals surface area contributed by atoms with E-state index in [0.29, 0.717) is 11.1 Å². The van der Waals surface area contributed by atoms with Crippen LogP contribution in [0.5, 0.6) is 0 Å². The van der Waals surface area contributed by atoms with Gasteiger partial charge in [0.2, 0.25) is 0 Å². The molecule has 170 valence electrons. The van der Waals surface area contributed by atoms with Gasteiger partial charge in [-0.1, -0.05) is 34.4 Å². The molecule has 6 nitrogen and oxygen atoms in total. The number of hydrogen-bond acceptors (Lipinski definition) is 5. The number of ether oxygens (including phenoxy) is 1. The highest BCUT2D eigenvalue weighted by Crippen LogP contribution is 2.49. The van der Waals surface area contributed by atoms with Crippen LogP contribution in [0.1, 0.15) is 33.5 Å². The number of alkyl halides is 3. The summed E-state index contributed by atoms with van der Waals surface area (Å²) in [6, 6.07) is 8.01. The van der Waals surface area contributed by atoms with Crippen molar-refractivity contribution in [2.24, 2.45) is 5.16 Å². The fourth-order valence-corrected chi connectivity index (χ4v) is 3.79. The smallest absolute Gasteiger partial charge is 0.435 e. The average molecular weight is 489 g/mol. The molecule has 1 atom stereocenters. The number of rotatable bonds is 5. The van der Waals surface area contributed by atoms with Gasteiger partial charge in [-0.15, -0.1) is 0 Å². The van der Waals surface area contributed by atoms with E-state index < -0.39 is 30.1 Å². The number of carbonyl (C=O) groups is 2. The van der Waals surface area contributed by atoms with E-state index in [1.807, 2.05) is 0 Å². The Morgan fingerprint density at radius 1 is 1.19 bits per heavy atom. The Morgan fingerprint density at radius 2 is 1.84 bits per heavy atom. The van der Waals surface area contributed by atoms with Gasteiger partial charge in [0.15, 0.2) is 0 Å². The van der Waals surface area contributed by atoms with Crippen LogP contribution in [-0.4, -0.2) is 37.4 Å². The van der Waals surface area contributed by atoms with E-state index in [1.165, 1.54) is 31.4 Å². The molecule has 1 amide bonds. The molecule has 0 fully saturated rings. The van der Waals surface area contributed by atoms with Crippen molar-refractivity contribution in [3.63, 3.8) is 0 Å². The lowest BCUT2D eigenvalue weighted by Crippen LogP contribution is -2.42. The van der Waals surface area contributed by atoms with Gasteiger partial charge in [-0.25, -0.2) is 0 Å². The van der Waals surface area contributed by atoms with Crippen molar-refractivity contribution in [1.82, 2.24) is 5.32 Å². The van der Waals surface area contributed by atoms with Gasteiger partial charge in [-0.2, -0.15) is 13.2 Å². The Hall–Kier alpha value is -2.78. The highest BCUT2D eigenvalue weighted by molar-refractivity contribution is 6.34. The standard InChI is InChI=1S/C21H17Cl2F3N2O4/c1-11-5-12(3-4-16(11)19(30)27-10-18(29)31-2)17-9-20(32-28-17,21(24,25)26)13-6-14(22)8-15(23)7-13/h3-8H,9-10H2,1-2H3,(H,27,30). The molecular formula is C21H17Cl2F3N2O4. The quantitative estimate of drug-likeness (QED) is 0.614. The molecule has 0 spiro atoms. The van der Waals surface area contributed by atoms with Crippen LogP contribution in [0, 0.1) is 6.92 Å². The molecule has 1 heterocycles. The summed E-state index contributed by atoms with van der Waals surface area (Å²) in [5.41, 5.74) is -1.89. The lowest BCUT2D eigenvalue weighted by Gasteiger charge is -2.29. The molecule has 0 bridgehead atoms. The lowest BCUT2D eigenvalue weighted by atomic mass is 9.86. The number of benzene rings is 2. The Balaban J connectivity index is 1.88. The highest BCUT2D eigenvalue weighted by Gasteiger charge is 2.62. The number of amides is 1. The van der Waals surface area contributed by atoms with Crippen LogP contribution < -0.4 is 5.32 Å². The number of aryl methyl sites for hydroxylation is 1. The van der Waals surface area contributed by atoms with E-state index in [2.05, 4.69) is 15.2 Å². The number of halogens is 5. The molecule has 1 N–H and O–H groups in total. The number of oxime groups is 1. The largest absolute Gasteiger partial charge is 0.468 e. The molecule has 0 aliphatic carbocycles. The summed E-state index contributed by atoms with van der Waals surface area (Å²) in [5.74, 6) is -1.14. The second-order valence-electron chi connectivity index (χ2n) is 7.08. The predicted octanol–water partition coefficient (Wildman–Crippen LogP) is 4.79. The average Bonchev–Trinajstić information content (AvgIpc) is 3.18. The maximum absolute atomic E-state index is 14.1. The minimum atomic E-state index is -4.81. The first-order valence-corrected chi connectivity index (χ1v) is 9.97. The number of hydrogen-bond donors (Lipinski definition) is 1. The van der Waals surface area contributed by atoms with Crippen molar-refractivity contribution in [3.8, 4) is 0 Å². The molecule has 1 aliphatic heterocycles. The van der Waals surface area contributed by atoms with Gasteiger partial charge in [0.25, 0.3) is 11.5 Å². The van der Waals surface area contributed by atoms with E-state index in [0.717, 1.165) is 12.1 Å². The minimum Gasteiger partial charge on any atom is -0.468 e. The lowest BCUT2D eigenvalue weighted by molar-refractivity contribution is -0.275.